The fourth-order valence-electron chi connectivity index (χ4n) is 5.02. The minimum atomic E-state index is 0.106. The Hall–Kier alpha value is -2.96. The Balaban J connectivity index is 1.23. The van der Waals surface area contributed by atoms with E-state index in [4.69, 9.17) is 11.6 Å². The maximum Gasteiger partial charge on any atom is 0.253 e. The van der Waals surface area contributed by atoms with Crippen LogP contribution in [0.15, 0.2) is 60.8 Å². The molecule has 0 bridgehead atoms. The van der Waals surface area contributed by atoms with Crippen molar-refractivity contribution in [1.29, 1.82) is 0 Å². The van der Waals surface area contributed by atoms with Crippen molar-refractivity contribution in [2.75, 3.05) is 25.0 Å². The summed E-state index contributed by atoms with van der Waals surface area (Å²) in [5.41, 5.74) is 3.33. The van der Waals surface area contributed by atoms with Crippen LogP contribution in [-0.4, -0.2) is 46.5 Å². The largest absolute Gasteiger partial charge is 0.336 e. The van der Waals surface area contributed by atoms with Gasteiger partial charge in [-0.25, -0.2) is 9.97 Å². The van der Waals surface area contributed by atoms with Crippen molar-refractivity contribution in [3.05, 3.63) is 71.4 Å². The van der Waals surface area contributed by atoms with Gasteiger partial charge < -0.3 is 15.5 Å². The van der Waals surface area contributed by atoms with E-state index in [9.17, 15) is 4.79 Å². The lowest BCUT2D eigenvalue weighted by Crippen LogP contribution is -2.55. The molecule has 2 aliphatic rings. The van der Waals surface area contributed by atoms with Crippen molar-refractivity contribution in [2.45, 2.75) is 38.1 Å². The molecule has 1 saturated carbocycles. The molecule has 1 unspecified atom stereocenters. The molecular formula is C27H30ClN5O. The molecule has 34 heavy (non-hydrogen) atoms. The van der Waals surface area contributed by atoms with Crippen molar-refractivity contribution in [3.8, 4) is 11.3 Å². The van der Waals surface area contributed by atoms with E-state index in [1.165, 1.54) is 32.1 Å². The van der Waals surface area contributed by atoms with Gasteiger partial charge in [-0.3, -0.25) is 4.79 Å². The maximum atomic E-state index is 13.2. The van der Waals surface area contributed by atoms with Gasteiger partial charge in [0.2, 0.25) is 5.95 Å². The number of anilines is 2. The van der Waals surface area contributed by atoms with Gasteiger partial charge in [0.15, 0.2) is 0 Å². The molecule has 1 aromatic heterocycles. The average Bonchev–Trinajstić information content (AvgIpc) is 2.90. The van der Waals surface area contributed by atoms with Gasteiger partial charge in [-0.1, -0.05) is 43.0 Å². The van der Waals surface area contributed by atoms with Gasteiger partial charge in [-0.2, -0.15) is 0 Å². The third kappa shape index (κ3) is 5.40. The van der Waals surface area contributed by atoms with Gasteiger partial charge in [-0.05, 0) is 61.2 Å². The van der Waals surface area contributed by atoms with Crippen LogP contribution in [0.4, 0.5) is 11.6 Å². The number of halogens is 1. The Kier molecular flexibility index (Phi) is 7.07. The number of nitrogens with zero attached hydrogens (tertiary/aromatic N) is 3. The number of carbonyl (C=O) groups excluding carboxylic acids is 1. The van der Waals surface area contributed by atoms with E-state index in [1.807, 2.05) is 59.5 Å². The minimum Gasteiger partial charge on any atom is -0.336 e. The van der Waals surface area contributed by atoms with E-state index < -0.39 is 0 Å². The van der Waals surface area contributed by atoms with Crippen molar-refractivity contribution in [1.82, 2.24) is 20.2 Å². The number of piperazine rings is 1. The third-order valence-electron chi connectivity index (χ3n) is 6.89. The molecule has 1 amide bonds. The average molecular weight is 476 g/mol. The van der Waals surface area contributed by atoms with Crippen LogP contribution in [0.3, 0.4) is 0 Å². The Morgan fingerprint density at radius 3 is 2.53 bits per heavy atom. The molecule has 1 aliphatic carbocycles. The molecule has 3 aromatic rings. The van der Waals surface area contributed by atoms with Crippen LogP contribution in [0.2, 0.25) is 5.02 Å². The summed E-state index contributed by atoms with van der Waals surface area (Å²) in [5, 5.41) is 7.59. The van der Waals surface area contributed by atoms with Crippen molar-refractivity contribution in [2.24, 2.45) is 5.92 Å². The molecule has 0 spiro atoms. The van der Waals surface area contributed by atoms with Crippen LogP contribution in [0.1, 0.15) is 42.5 Å². The summed E-state index contributed by atoms with van der Waals surface area (Å²) in [7, 11) is 0. The molecule has 1 aliphatic heterocycles. The fraction of sp³-hybridized carbons (Fsp3) is 0.370. The topological polar surface area (TPSA) is 70.2 Å². The lowest BCUT2D eigenvalue weighted by Gasteiger charge is -2.39. The predicted octanol–water partition coefficient (Wildman–Crippen LogP) is 5.53. The summed E-state index contributed by atoms with van der Waals surface area (Å²) in [5.74, 6) is 1.30. The Morgan fingerprint density at radius 1 is 1.00 bits per heavy atom. The summed E-state index contributed by atoms with van der Waals surface area (Å²) >= 11 is 5.99. The lowest BCUT2D eigenvalue weighted by molar-refractivity contribution is 0.0660. The van der Waals surface area contributed by atoms with E-state index in [2.05, 4.69) is 20.6 Å². The van der Waals surface area contributed by atoms with Crippen LogP contribution in [0.25, 0.3) is 11.3 Å². The van der Waals surface area contributed by atoms with Gasteiger partial charge >= 0.3 is 0 Å². The monoisotopic (exact) mass is 475 g/mol. The Labute approximate surface area is 205 Å². The first-order chi connectivity index (χ1) is 16.7. The quantitative estimate of drug-likeness (QED) is 0.507. The Bertz CT molecular complexity index is 1110. The van der Waals surface area contributed by atoms with Crippen molar-refractivity contribution >= 4 is 29.1 Å². The fourth-order valence-corrected chi connectivity index (χ4v) is 5.15. The van der Waals surface area contributed by atoms with Crippen LogP contribution in [0.5, 0.6) is 0 Å². The van der Waals surface area contributed by atoms with Crippen molar-refractivity contribution < 1.29 is 4.79 Å². The van der Waals surface area contributed by atoms with E-state index in [0.29, 0.717) is 28.5 Å². The molecular weight excluding hydrogens is 446 g/mol. The van der Waals surface area contributed by atoms with Crippen LogP contribution < -0.4 is 10.6 Å². The first-order valence-electron chi connectivity index (χ1n) is 12.1. The number of nitrogens with one attached hydrogen (secondary N) is 2. The molecule has 2 aromatic carbocycles. The van der Waals surface area contributed by atoms with Gasteiger partial charge in [0, 0.05) is 53.7 Å². The smallest absolute Gasteiger partial charge is 0.253 e. The lowest BCUT2D eigenvalue weighted by atomic mass is 9.83. The SMILES string of the molecule is O=C(c1ccc(Nc2nccc(-c3ccc(Cl)cc3)n2)cc1)N1CCNC(C2CCCCC2)C1. The molecule has 176 valence electrons. The van der Waals surface area contributed by atoms with Gasteiger partial charge in [0.1, 0.15) is 0 Å². The van der Waals surface area contributed by atoms with E-state index >= 15 is 0 Å². The molecule has 7 heteroatoms. The summed E-state index contributed by atoms with van der Waals surface area (Å²) < 4.78 is 0. The van der Waals surface area contributed by atoms with Crippen LogP contribution in [0, 0.1) is 5.92 Å². The first-order valence-corrected chi connectivity index (χ1v) is 12.5. The molecule has 2 fully saturated rings. The van der Waals surface area contributed by atoms with Crippen LogP contribution in [-0.2, 0) is 0 Å². The highest BCUT2D eigenvalue weighted by atomic mass is 35.5. The number of hydrogen-bond donors (Lipinski definition) is 2. The second kappa shape index (κ2) is 10.5. The Morgan fingerprint density at radius 2 is 1.76 bits per heavy atom. The summed E-state index contributed by atoms with van der Waals surface area (Å²) in [6.07, 6.45) is 8.27. The highest BCUT2D eigenvalue weighted by Gasteiger charge is 2.30. The number of benzene rings is 2. The third-order valence-corrected chi connectivity index (χ3v) is 7.15. The summed E-state index contributed by atoms with van der Waals surface area (Å²) in [6.45, 7) is 2.43. The van der Waals surface area contributed by atoms with Crippen LogP contribution >= 0.6 is 11.6 Å². The second-order valence-electron chi connectivity index (χ2n) is 9.18. The standard InChI is InChI=1S/C27H30ClN5O/c28-22-10-6-20(7-11-22)24-14-15-30-27(32-24)31-23-12-8-21(9-13-23)26(34)33-17-16-29-25(18-33)19-4-2-1-3-5-19/h6-15,19,25,29H,1-5,16-18H2,(H,30,31,32). The number of carbonyl (C=O) groups is 1. The second-order valence-corrected chi connectivity index (χ2v) is 9.62. The molecule has 5 rings (SSSR count). The van der Waals surface area contributed by atoms with E-state index in [-0.39, 0.29) is 5.91 Å². The zero-order chi connectivity index (χ0) is 23.3. The molecule has 2 N–H and O–H groups in total. The summed E-state index contributed by atoms with van der Waals surface area (Å²) in [6, 6.07) is 17.4. The molecule has 1 saturated heterocycles. The summed E-state index contributed by atoms with van der Waals surface area (Å²) in [4.78, 5) is 24.1. The highest BCUT2D eigenvalue weighted by Crippen LogP contribution is 2.28. The molecule has 6 nitrogen and oxygen atoms in total. The van der Waals surface area contributed by atoms with Gasteiger partial charge in [-0.15, -0.1) is 0 Å². The molecule has 1 atom stereocenters. The zero-order valence-electron chi connectivity index (χ0n) is 19.2. The minimum absolute atomic E-state index is 0.106. The number of hydrogen-bond acceptors (Lipinski definition) is 5. The first kappa shape index (κ1) is 22.8. The van der Waals surface area contributed by atoms with E-state index in [0.717, 1.165) is 36.6 Å². The van der Waals surface area contributed by atoms with Gasteiger partial charge in [0.25, 0.3) is 5.91 Å². The highest BCUT2D eigenvalue weighted by molar-refractivity contribution is 6.30. The molecule has 2 heterocycles. The van der Waals surface area contributed by atoms with E-state index in [1.54, 1.807) is 6.20 Å². The number of aromatic nitrogens is 2. The maximum absolute atomic E-state index is 13.2. The van der Waals surface area contributed by atoms with Gasteiger partial charge in [0.05, 0.1) is 5.69 Å². The number of amides is 1. The molecule has 0 radical (unpaired) electrons. The van der Waals surface area contributed by atoms with Crippen molar-refractivity contribution in [3.63, 3.8) is 0 Å². The predicted molar refractivity (Wildman–Crippen MR) is 136 cm³/mol. The number of rotatable bonds is 5. The normalized spacial score (nSPS) is 19.1. The zero-order valence-corrected chi connectivity index (χ0v) is 20.0.